The summed E-state index contributed by atoms with van der Waals surface area (Å²) in [6, 6.07) is 0. The SMILES string of the molecule is CC1CN(CC2(CO)CCCC2)CC(C)O1. The molecule has 2 aliphatic rings. The molecule has 0 aromatic carbocycles. The summed E-state index contributed by atoms with van der Waals surface area (Å²) >= 11 is 0. The molecule has 0 aromatic heterocycles. The molecule has 16 heavy (non-hydrogen) atoms. The Kier molecular flexibility index (Phi) is 3.88. The highest BCUT2D eigenvalue weighted by atomic mass is 16.5. The number of hydrogen-bond donors (Lipinski definition) is 1. The average molecular weight is 227 g/mol. The predicted molar refractivity (Wildman–Crippen MR) is 64.4 cm³/mol. The minimum absolute atomic E-state index is 0.191. The fourth-order valence-electron chi connectivity index (χ4n) is 3.38. The smallest absolute Gasteiger partial charge is 0.0678 e. The first-order valence-corrected chi connectivity index (χ1v) is 6.62. The van der Waals surface area contributed by atoms with Crippen LogP contribution in [0.1, 0.15) is 39.5 Å². The molecule has 0 aromatic rings. The maximum absolute atomic E-state index is 9.62. The zero-order chi connectivity index (χ0) is 11.6. The topological polar surface area (TPSA) is 32.7 Å². The molecule has 0 radical (unpaired) electrons. The fourth-order valence-corrected chi connectivity index (χ4v) is 3.38. The number of aliphatic hydroxyl groups is 1. The number of morpholine rings is 1. The van der Waals surface area contributed by atoms with Crippen molar-refractivity contribution in [3.8, 4) is 0 Å². The second-order valence-corrected chi connectivity index (χ2v) is 5.82. The first-order valence-electron chi connectivity index (χ1n) is 6.62. The Hall–Kier alpha value is -0.120. The van der Waals surface area contributed by atoms with Gasteiger partial charge in [-0.1, -0.05) is 12.8 Å². The molecule has 0 bridgehead atoms. The van der Waals surface area contributed by atoms with E-state index < -0.39 is 0 Å². The summed E-state index contributed by atoms with van der Waals surface area (Å²) in [7, 11) is 0. The average Bonchev–Trinajstić information content (AvgIpc) is 2.65. The minimum atomic E-state index is 0.191. The van der Waals surface area contributed by atoms with Crippen molar-refractivity contribution in [3.63, 3.8) is 0 Å². The monoisotopic (exact) mass is 227 g/mol. The summed E-state index contributed by atoms with van der Waals surface area (Å²) in [5.41, 5.74) is 0.191. The molecule has 1 saturated heterocycles. The number of aliphatic hydroxyl groups excluding tert-OH is 1. The summed E-state index contributed by atoms with van der Waals surface area (Å²) in [5.74, 6) is 0. The lowest BCUT2D eigenvalue weighted by Crippen LogP contribution is -2.49. The van der Waals surface area contributed by atoms with E-state index in [1.54, 1.807) is 0 Å². The van der Waals surface area contributed by atoms with Crippen LogP contribution in [0.5, 0.6) is 0 Å². The van der Waals surface area contributed by atoms with Gasteiger partial charge in [0, 0.05) is 31.7 Å². The lowest BCUT2D eigenvalue weighted by molar-refractivity contribution is -0.0811. The van der Waals surface area contributed by atoms with E-state index in [1.807, 2.05) is 0 Å². The van der Waals surface area contributed by atoms with Gasteiger partial charge in [0.25, 0.3) is 0 Å². The molecule has 2 fully saturated rings. The summed E-state index contributed by atoms with van der Waals surface area (Å²) in [6.07, 6.45) is 5.64. The van der Waals surface area contributed by atoms with E-state index in [2.05, 4.69) is 18.7 Å². The van der Waals surface area contributed by atoms with Crippen molar-refractivity contribution in [2.45, 2.75) is 51.7 Å². The third-order valence-electron chi connectivity index (χ3n) is 4.05. The maximum Gasteiger partial charge on any atom is 0.0678 e. The summed E-state index contributed by atoms with van der Waals surface area (Å²) in [4.78, 5) is 2.49. The predicted octanol–water partition coefficient (Wildman–Crippen LogP) is 1.65. The van der Waals surface area contributed by atoms with Crippen LogP contribution in [0.3, 0.4) is 0 Å². The zero-order valence-corrected chi connectivity index (χ0v) is 10.6. The maximum atomic E-state index is 9.62. The molecule has 1 aliphatic carbocycles. The lowest BCUT2D eigenvalue weighted by Gasteiger charge is -2.40. The Morgan fingerprint density at radius 2 is 1.75 bits per heavy atom. The van der Waals surface area contributed by atoms with Gasteiger partial charge in [-0.2, -0.15) is 0 Å². The van der Waals surface area contributed by atoms with Gasteiger partial charge in [-0.05, 0) is 26.7 Å². The Morgan fingerprint density at radius 1 is 1.19 bits per heavy atom. The van der Waals surface area contributed by atoms with Crippen LogP contribution < -0.4 is 0 Å². The zero-order valence-electron chi connectivity index (χ0n) is 10.6. The third kappa shape index (κ3) is 2.76. The van der Waals surface area contributed by atoms with E-state index in [1.165, 1.54) is 25.7 Å². The minimum Gasteiger partial charge on any atom is -0.396 e. The van der Waals surface area contributed by atoms with Gasteiger partial charge in [0.15, 0.2) is 0 Å². The molecule has 1 N–H and O–H groups in total. The van der Waals surface area contributed by atoms with Crippen molar-refractivity contribution in [2.24, 2.45) is 5.41 Å². The highest BCUT2D eigenvalue weighted by Crippen LogP contribution is 2.38. The quantitative estimate of drug-likeness (QED) is 0.795. The van der Waals surface area contributed by atoms with E-state index in [4.69, 9.17) is 4.74 Å². The first-order chi connectivity index (χ1) is 7.63. The van der Waals surface area contributed by atoms with Crippen LogP contribution in [0.15, 0.2) is 0 Å². The normalized spacial score (nSPS) is 35.4. The van der Waals surface area contributed by atoms with E-state index >= 15 is 0 Å². The number of ether oxygens (including phenoxy) is 1. The van der Waals surface area contributed by atoms with Crippen molar-refractivity contribution in [2.75, 3.05) is 26.2 Å². The fraction of sp³-hybridized carbons (Fsp3) is 1.00. The largest absolute Gasteiger partial charge is 0.396 e. The van der Waals surface area contributed by atoms with Gasteiger partial charge in [0.1, 0.15) is 0 Å². The molecule has 3 nitrogen and oxygen atoms in total. The Morgan fingerprint density at radius 3 is 2.25 bits per heavy atom. The van der Waals surface area contributed by atoms with Gasteiger partial charge in [0.2, 0.25) is 0 Å². The van der Waals surface area contributed by atoms with Crippen molar-refractivity contribution in [1.82, 2.24) is 4.90 Å². The second kappa shape index (κ2) is 5.03. The van der Waals surface area contributed by atoms with Crippen LogP contribution in [0.4, 0.5) is 0 Å². The molecule has 0 spiro atoms. The molecule has 2 rings (SSSR count). The molecule has 2 unspecified atom stereocenters. The van der Waals surface area contributed by atoms with E-state index in [9.17, 15) is 5.11 Å². The van der Waals surface area contributed by atoms with Gasteiger partial charge in [-0.3, -0.25) is 4.90 Å². The molecule has 3 heteroatoms. The number of hydrogen-bond acceptors (Lipinski definition) is 3. The van der Waals surface area contributed by atoms with Gasteiger partial charge in [-0.25, -0.2) is 0 Å². The molecule has 1 aliphatic heterocycles. The van der Waals surface area contributed by atoms with Gasteiger partial charge >= 0.3 is 0 Å². The van der Waals surface area contributed by atoms with Crippen LogP contribution in [-0.2, 0) is 4.74 Å². The van der Waals surface area contributed by atoms with Crippen molar-refractivity contribution >= 4 is 0 Å². The molecule has 94 valence electrons. The number of nitrogens with zero attached hydrogens (tertiary/aromatic N) is 1. The second-order valence-electron chi connectivity index (χ2n) is 5.82. The summed E-state index contributed by atoms with van der Waals surface area (Å²) < 4.78 is 5.74. The molecular formula is C13H25NO2. The van der Waals surface area contributed by atoms with Gasteiger partial charge in [0.05, 0.1) is 12.2 Å². The Bertz CT molecular complexity index is 216. The molecule has 1 saturated carbocycles. The van der Waals surface area contributed by atoms with Crippen molar-refractivity contribution in [3.05, 3.63) is 0 Å². The van der Waals surface area contributed by atoms with Crippen LogP contribution in [0.2, 0.25) is 0 Å². The molecular weight excluding hydrogens is 202 g/mol. The lowest BCUT2D eigenvalue weighted by atomic mass is 9.86. The van der Waals surface area contributed by atoms with Crippen LogP contribution >= 0.6 is 0 Å². The van der Waals surface area contributed by atoms with E-state index in [-0.39, 0.29) is 5.41 Å². The number of rotatable bonds is 3. The highest BCUT2D eigenvalue weighted by Gasteiger charge is 2.36. The Labute approximate surface area is 98.8 Å². The van der Waals surface area contributed by atoms with Crippen LogP contribution in [0, 0.1) is 5.41 Å². The standard InChI is InChI=1S/C13H25NO2/c1-11-7-14(8-12(2)16-11)9-13(10-15)5-3-4-6-13/h11-12,15H,3-10H2,1-2H3. The third-order valence-corrected chi connectivity index (χ3v) is 4.05. The van der Waals surface area contributed by atoms with E-state index in [0.717, 1.165) is 19.6 Å². The Balaban J connectivity index is 1.92. The highest BCUT2D eigenvalue weighted by molar-refractivity contribution is 4.88. The van der Waals surface area contributed by atoms with Crippen LogP contribution in [0.25, 0.3) is 0 Å². The summed E-state index contributed by atoms with van der Waals surface area (Å²) in [6.45, 7) is 7.73. The van der Waals surface area contributed by atoms with Crippen LogP contribution in [-0.4, -0.2) is 48.5 Å². The molecule has 2 atom stereocenters. The van der Waals surface area contributed by atoms with Crippen molar-refractivity contribution in [1.29, 1.82) is 0 Å². The van der Waals surface area contributed by atoms with Gasteiger partial charge < -0.3 is 9.84 Å². The first kappa shape index (κ1) is 12.3. The van der Waals surface area contributed by atoms with Gasteiger partial charge in [-0.15, -0.1) is 0 Å². The van der Waals surface area contributed by atoms with E-state index in [0.29, 0.717) is 18.8 Å². The summed E-state index contributed by atoms with van der Waals surface area (Å²) in [5, 5.41) is 9.62. The molecule has 1 heterocycles. The van der Waals surface area contributed by atoms with Crippen molar-refractivity contribution < 1.29 is 9.84 Å². The molecule has 0 amide bonds.